The van der Waals surface area contributed by atoms with Gasteiger partial charge in [-0.2, -0.15) is 13.2 Å². The van der Waals surface area contributed by atoms with Gasteiger partial charge in [0.05, 0.1) is 29.6 Å². The first-order valence-electron chi connectivity index (χ1n) is 14.6. The number of alkyl halides is 3. The van der Waals surface area contributed by atoms with E-state index < -0.39 is 67.5 Å². The van der Waals surface area contributed by atoms with E-state index in [0.717, 1.165) is 30.3 Å². The van der Waals surface area contributed by atoms with Crippen LogP contribution in [-0.2, 0) is 19.4 Å². The molecule has 3 saturated carbocycles. The van der Waals surface area contributed by atoms with Crippen molar-refractivity contribution in [3.05, 3.63) is 47.8 Å². The zero-order valence-corrected chi connectivity index (χ0v) is 25.3. The fourth-order valence-electron chi connectivity index (χ4n) is 6.76. The largest absolute Gasteiger partial charge is 0.501 e. The molecule has 2 aromatic carbocycles. The van der Waals surface area contributed by atoms with Gasteiger partial charge in [-0.25, -0.2) is 17.6 Å². The van der Waals surface area contributed by atoms with E-state index in [1.807, 2.05) is 0 Å². The number of hydrogen-bond donors (Lipinski definition) is 4. The molecule has 5 rings (SSSR count). The van der Waals surface area contributed by atoms with Gasteiger partial charge in [-0.1, -0.05) is 6.07 Å². The van der Waals surface area contributed by atoms with E-state index >= 15 is 0 Å². The first-order valence-corrected chi connectivity index (χ1v) is 16.1. The molecule has 0 spiro atoms. The topological polar surface area (TPSA) is 168 Å². The molecule has 0 unspecified atom stereocenters. The smallest absolute Gasteiger partial charge is 0.496 e. The molecule has 0 radical (unpaired) electrons. The Bertz CT molecular complexity index is 1640. The Morgan fingerprint density at radius 2 is 1.67 bits per heavy atom. The lowest BCUT2D eigenvalue weighted by Gasteiger charge is -2.33. The number of carboxylic acids is 1. The number of sulfone groups is 1. The number of aliphatic hydroxyl groups is 1. The van der Waals surface area contributed by atoms with Crippen molar-refractivity contribution in [1.29, 1.82) is 0 Å². The second-order valence-electron chi connectivity index (χ2n) is 12.0. The van der Waals surface area contributed by atoms with Crippen LogP contribution in [0.15, 0.2) is 41.3 Å². The summed E-state index contributed by atoms with van der Waals surface area (Å²) in [6.45, 7) is 0. The minimum Gasteiger partial charge on any atom is -0.496 e. The summed E-state index contributed by atoms with van der Waals surface area (Å²) in [6.07, 6.45) is 1.41. The quantitative estimate of drug-likeness (QED) is 0.287. The zero-order chi connectivity index (χ0) is 33.6. The maximum absolute atomic E-state index is 15.0. The highest BCUT2D eigenvalue weighted by Gasteiger charge is 2.52. The molecule has 2 bridgehead atoms. The summed E-state index contributed by atoms with van der Waals surface area (Å²) in [5, 5.41) is 24.8. The number of carbonyl (C=O) groups is 3. The average molecular weight is 673 g/mol. The standard InChI is InChI=1S/C30H32F4N2O9S/c1-44-22-14-21(31)23(45-18-7-9-29(41,10-8-18)28(39)40)13-20(22)26(37)36-25-16-6-5-15(11-16)24(25)27(38)35-17-3-2-4-19(12-17)46(42,43)30(32,33)34/h2-4,12-16,18,24-25,41H,5-11H2,1H3,(H,35,38)(H,36,37)(H,39,40)/t15-,16+,18?,24-,25+,29?/m0/s1. The van der Waals surface area contributed by atoms with Gasteiger partial charge in [0.2, 0.25) is 5.91 Å². The van der Waals surface area contributed by atoms with Crippen LogP contribution in [0.4, 0.5) is 23.2 Å². The van der Waals surface area contributed by atoms with E-state index in [0.29, 0.717) is 19.3 Å². The number of anilines is 1. The van der Waals surface area contributed by atoms with Crippen molar-refractivity contribution in [2.24, 2.45) is 17.8 Å². The Morgan fingerprint density at radius 3 is 2.30 bits per heavy atom. The highest BCUT2D eigenvalue weighted by Crippen LogP contribution is 2.49. The van der Waals surface area contributed by atoms with Crippen molar-refractivity contribution in [2.45, 2.75) is 73.1 Å². The molecule has 16 heteroatoms. The molecule has 2 amide bonds. The summed E-state index contributed by atoms with van der Waals surface area (Å²) in [4.78, 5) is 37.3. The Balaban J connectivity index is 1.32. The number of ether oxygens (including phenoxy) is 2. The molecular formula is C30H32F4N2O9S. The summed E-state index contributed by atoms with van der Waals surface area (Å²) in [6, 6.07) is 5.25. The van der Waals surface area contributed by atoms with Gasteiger partial charge in [0, 0.05) is 17.8 Å². The maximum Gasteiger partial charge on any atom is 0.501 e. The first kappa shape index (κ1) is 33.4. The van der Waals surface area contributed by atoms with Crippen molar-refractivity contribution in [2.75, 3.05) is 12.4 Å². The fourth-order valence-corrected chi connectivity index (χ4v) is 7.56. The molecule has 0 aliphatic heterocycles. The van der Waals surface area contributed by atoms with Gasteiger partial charge in [-0.05, 0) is 81.0 Å². The van der Waals surface area contributed by atoms with Crippen molar-refractivity contribution < 1.29 is 60.0 Å². The summed E-state index contributed by atoms with van der Waals surface area (Å²) >= 11 is 0. The molecule has 3 aliphatic carbocycles. The Kier molecular flexibility index (Phi) is 8.98. The van der Waals surface area contributed by atoms with Gasteiger partial charge in [0.15, 0.2) is 17.2 Å². The third-order valence-corrected chi connectivity index (χ3v) is 10.7. The fraction of sp³-hybridized carbons (Fsp3) is 0.500. The minimum absolute atomic E-state index is 0.0938. The monoisotopic (exact) mass is 672 g/mol. The molecule has 250 valence electrons. The molecule has 2 aromatic rings. The number of halogens is 4. The van der Waals surface area contributed by atoms with E-state index in [9.17, 15) is 50.6 Å². The summed E-state index contributed by atoms with van der Waals surface area (Å²) < 4.78 is 88.8. The van der Waals surface area contributed by atoms with Crippen molar-refractivity contribution in [1.82, 2.24) is 5.32 Å². The van der Waals surface area contributed by atoms with Crippen LogP contribution in [0.1, 0.15) is 55.3 Å². The predicted molar refractivity (Wildman–Crippen MR) is 152 cm³/mol. The molecule has 3 aliphatic rings. The second-order valence-corrected chi connectivity index (χ2v) is 13.9. The van der Waals surface area contributed by atoms with E-state index in [2.05, 4.69) is 10.6 Å². The van der Waals surface area contributed by atoms with Crippen LogP contribution >= 0.6 is 0 Å². The number of rotatable bonds is 9. The van der Waals surface area contributed by atoms with Gasteiger partial charge in [0.1, 0.15) is 5.75 Å². The normalized spacial score (nSPS) is 27.6. The minimum atomic E-state index is -5.64. The molecule has 11 nitrogen and oxygen atoms in total. The zero-order valence-electron chi connectivity index (χ0n) is 24.5. The Morgan fingerprint density at radius 1 is 1.00 bits per heavy atom. The summed E-state index contributed by atoms with van der Waals surface area (Å²) in [5.74, 6) is -4.92. The van der Waals surface area contributed by atoms with Crippen molar-refractivity contribution >= 4 is 33.3 Å². The van der Waals surface area contributed by atoms with Gasteiger partial charge < -0.3 is 30.3 Å². The molecule has 3 fully saturated rings. The lowest BCUT2D eigenvalue weighted by molar-refractivity contribution is -0.163. The van der Waals surface area contributed by atoms with Gasteiger partial charge >= 0.3 is 11.5 Å². The van der Waals surface area contributed by atoms with Gasteiger partial charge in [-0.3, -0.25) is 9.59 Å². The number of amides is 2. The molecule has 4 atom stereocenters. The number of carbonyl (C=O) groups excluding carboxylic acids is 2. The van der Waals surface area contributed by atoms with Gasteiger partial charge in [-0.15, -0.1) is 0 Å². The van der Waals surface area contributed by atoms with E-state index in [-0.39, 0.29) is 60.3 Å². The predicted octanol–water partition coefficient (Wildman–Crippen LogP) is 4.05. The van der Waals surface area contributed by atoms with Crippen molar-refractivity contribution in [3.63, 3.8) is 0 Å². The Hall–Kier alpha value is -3.92. The molecule has 0 aromatic heterocycles. The highest BCUT2D eigenvalue weighted by molar-refractivity contribution is 7.92. The van der Waals surface area contributed by atoms with E-state index in [1.165, 1.54) is 13.2 Å². The lowest BCUT2D eigenvalue weighted by Crippen LogP contribution is -2.48. The van der Waals surface area contributed by atoms with Crippen molar-refractivity contribution in [3.8, 4) is 11.5 Å². The molecule has 4 N–H and O–H groups in total. The van der Waals surface area contributed by atoms with E-state index in [4.69, 9.17) is 9.47 Å². The van der Waals surface area contributed by atoms with Crippen LogP contribution in [0.25, 0.3) is 0 Å². The van der Waals surface area contributed by atoms with E-state index in [1.54, 1.807) is 0 Å². The molecule has 0 heterocycles. The molecular weight excluding hydrogens is 640 g/mol. The van der Waals surface area contributed by atoms with Gasteiger partial charge in [0.25, 0.3) is 15.7 Å². The van der Waals surface area contributed by atoms with Crippen LogP contribution < -0.4 is 20.1 Å². The summed E-state index contributed by atoms with van der Waals surface area (Å²) in [7, 11) is -4.41. The number of aliphatic carboxylic acids is 1. The number of benzene rings is 2. The molecule has 46 heavy (non-hydrogen) atoms. The number of methoxy groups -OCH3 is 1. The number of carboxylic acid groups (broad SMARTS) is 1. The lowest BCUT2D eigenvalue weighted by atomic mass is 9.83. The maximum atomic E-state index is 15.0. The number of hydrogen-bond acceptors (Lipinski definition) is 8. The van der Waals surface area contributed by atoms with Crippen LogP contribution in [-0.4, -0.2) is 66.8 Å². The third kappa shape index (κ3) is 6.36. The molecule has 0 saturated heterocycles. The SMILES string of the molecule is COc1cc(F)c(OC2CCC(O)(C(=O)O)CC2)cc1C(=O)N[C@@H]1[C@@H]2CC[C@@H](C2)[C@@H]1C(=O)Nc1cccc(S(=O)(=O)C(F)(F)F)c1. The third-order valence-electron chi connectivity index (χ3n) is 9.18. The average Bonchev–Trinajstić information content (AvgIpc) is 3.60. The highest BCUT2D eigenvalue weighted by atomic mass is 32.2. The summed E-state index contributed by atoms with van der Waals surface area (Å²) in [5.41, 5.74) is -7.67. The first-order chi connectivity index (χ1) is 21.5. The second kappa shape index (κ2) is 12.4. The van der Waals surface area contributed by atoms with Crippen LogP contribution in [0, 0.1) is 23.6 Å². The van der Waals surface area contributed by atoms with Crippen LogP contribution in [0.5, 0.6) is 11.5 Å². The number of nitrogens with one attached hydrogen (secondary N) is 2. The number of fused-ring (bicyclic) bond motifs is 2. The van der Waals surface area contributed by atoms with Crippen LogP contribution in [0.2, 0.25) is 0 Å². The Labute approximate surface area is 261 Å². The van der Waals surface area contributed by atoms with Crippen LogP contribution in [0.3, 0.4) is 0 Å².